The zero-order valence-corrected chi connectivity index (χ0v) is 22.3. The smallest absolute Gasteiger partial charge is 0.243 e. The number of hydrogen-bond donors (Lipinski definition) is 1. The summed E-state index contributed by atoms with van der Waals surface area (Å²) in [5.74, 6) is -0.108. The molecule has 37 heavy (non-hydrogen) atoms. The number of hydrogen-bond acceptors (Lipinski definition) is 3. The number of thioether (sulfide) groups is 1. The summed E-state index contributed by atoms with van der Waals surface area (Å²) < 4.78 is 14.1. The van der Waals surface area contributed by atoms with Crippen LogP contribution >= 0.6 is 23.4 Å². The molecule has 3 aromatic carbocycles. The van der Waals surface area contributed by atoms with E-state index in [9.17, 15) is 14.0 Å². The molecular weight excluding hydrogens is 507 g/mol. The van der Waals surface area contributed by atoms with Crippen LogP contribution in [0, 0.1) is 5.82 Å². The van der Waals surface area contributed by atoms with Crippen LogP contribution in [0.5, 0.6) is 0 Å². The molecule has 3 aromatic rings. The summed E-state index contributed by atoms with van der Waals surface area (Å²) in [6, 6.07) is 23.2. The minimum Gasteiger partial charge on any atom is -0.352 e. The van der Waals surface area contributed by atoms with Gasteiger partial charge in [0.15, 0.2) is 0 Å². The van der Waals surface area contributed by atoms with Crippen LogP contribution in [0.15, 0.2) is 78.9 Å². The molecule has 1 aliphatic carbocycles. The molecule has 194 valence electrons. The van der Waals surface area contributed by atoms with Gasteiger partial charge in [0, 0.05) is 29.8 Å². The van der Waals surface area contributed by atoms with E-state index in [1.165, 1.54) is 17.8 Å². The Balaban J connectivity index is 1.58. The molecule has 1 unspecified atom stereocenters. The summed E-state index contributed by atoms with van der Waals surface area (Å²) in [7, 11) is 0. The molecule has 2 amide bonds. The molecule has 1 aliphatic rings. The molecule has 0 saturated heterocycles. The summed E-state index contributed by atoms with van der Waals surface area (Å²) in [5.41, 5.74) is 2.31. The Morgan fingerprint density at radius 2 is 1.59 bits per heavy atom. The average molecular weight is 539 g/mol. The molecular formula is C30H32ClFN2O2S. The van der Waals surface area contributed by atoms with Crippen molar-refractivity contribution in [1.82, 2.24) is 10.2 Å². The zero-order chi connectivity index (χ0) is 26.0. The Bertz CT molecular complexity index is 1190. The van der Waals surface area contributed by atoms with Gasteiger partial charge < -0.3 is 10.2 Å². The van der Waals surface area contributed by atoms with E-state index in [0.717, 1.165) is 36.8 Å². The Hall–Kier alpha value is -2.83. The first-order chi connectivity index (χ1) is 18.0. The molecule has 0 aliphatic heterocycles. The maximum absolute atomic E-state index is 14.1. The lowest BCUT2D eigenvalue weighted by Crippen LogP contribution is -2.52. The maximum Gasteiger partial charge on any atom is 0.243 e. The van der Waals surface area contributed by atoms with Gasteiger partial charge in [0.25, 0.3) is 0 Å². The Morgan fingerprint density at radius 3 is 2.30 bits per heavy atom. The minimum absolute atomic E-state index is 0.126. The van der Waals surface area contributed by atoms with E-state index in [4.69, 9.17) is 11.6 Å². The normalized spacial score (nSPS) is 14.3. The molecule has 0 radical (unpaired) electrons. The molecule has 0 bridgehead atoms. The van der Waals surface area contributed by atoms with Crippen molar-refractivity contribution < 1.29 is 14.0 Å². The van der Waals surface area contributed by atoms with E-state index >= 15 is 0 Å². The van der Waals surface area contributed by atoms with Crippen molar-refractivity contribution in [3.63, 3.8) is 0 Å². The number of rotatable bonds is 11. The van der Waals surface area contributed by atoms with Crippen molar-refractivity contribution in [3.05, 3.63) is 106 Å². The van der Waals surface area contributed by atoms with Crippen LogP contribution in [0.2, 0.25) is 5.02 Å². The SMILES string of the molecule is O=C(NC1CCCC1)C(Cc1ccccc1)N(Cc1ccccc1Cl)C(=O)CSCc1ccccc1F. The highest BCUT2D eigenvalue weighted by molar-refractivity contribution is 7.99. The largest absolute Gasteiger partial charge is 0.352 e. The van der Waals surface area contributed by atoms with E-state index in [1.54, 1.807) is 29.2 Å². The number of amides is 2. The van der Waals surface area contributed by atoms with Crippen molar-refractivity contribution in [2.24, 2.45) is 0 Å². The van der Waals surface area contributed by atoms with Crippen LogP contribution in [-0.2, 0) is 28.3 Å². The van der Waals surface area contributed by atoms with Gasteiger partial charge in [-0.25, -0.2) is 4.39 Å². The van der Waals surface area contributed by atoms with E-state index in [-0.39, 0.29) is 36.0 Å². The number of carbonyl (C=O) groups excluding carboxylic acids is 2. The van der Waals surface area contributed by atoms with Gasteiger partial charge >= 0.3 is 0 Å². The summed E-state index contributed by atoms with van der Waals surface area (Å²) in [5, 5.41) is 3.75. The number of carbonyl (C=O) groups is 2. The van der Waals surface area contributed by atoms with E-state index in [1.807, 2.05) is 48.5 Å². The summed E-state index contributed by atoms with van der Waals surface area (Å²) >= 11 is 7.82. The molecule has 0 aromatic heterocycles. The predicted octanol–water partition coefficient (Wildman–Crippen LogP) is 6.41. The van der Waals surface area contributed by atoms with Crippen LogP contribution in [0.3, 0.4) is 0 Å². The molecule has 1 fully saturated rings. The predicted molar refractivity (Wildman–Crippen MR) is 149 cm³/mol. The Morgan fingerprint density at radius 1 is 0.946 bits per heavy atom. The number of nitrogens with one attached hydrogen (secondary N) is 1. The third kappa shape index (κ3) is 7.83. The van der Waals surface area contributed by atoms with E-state index in [0.29, 0.717) is 22.8 Å². The second-order valence-corrected chi connectivity index (χ2v) is 10.8. The highest BCUT2D eigenvalue weighted by atomic mass is 35.5. The van der Waals surface area contributed by atoms with Crippen molar-refractivity contribution >= 4 is 35.2 Å². The third-order valence-electron chi connectivity index (χ3n) is 6.71. The Labute approximate surface area is 227 Å². The van der Waals surface area contributed by atoms with Crippen molar-refractivity contribution in [2.75, 3.05) is 5.75 Å². The third-order valence-corrected chi connectivity index (χ3v) is 8.05. The van der Waals surface area contributed by atoms with Crippen molar-refractivity contribution in [1.29, 1.82) is 0 Å². The molecule has 4 nitrogen and oxygen atoms in total. The number of halogens is 2. The van der Waals surface area contributed by atoms with Crippen LogP contribution < -0.4 is 5.32 Å². The quantitative estimate of drug-likeness (QED) is 0.307. The summed E-state index contributed by atoms with van der Waals surface area (Å²) in [6.07, 6.45) is 4.52. The van der Waals surface area contributed by atoms with Gasteiger partial charge in [0.2, 0.25) is 11.8 Å². The molecule has 7 heteroatoms. The first kappa shape index (κ1) is 27.2. The molecule has 1 atom stereocenters. The van der Waals surface area contributed by atoms with Gasteiger partial charge in [-0.1, -0.05) is 91.2 Å². The number of benzene rings is 3. The average Bonchev–Trinajstić information content (AvgIpc) is 3.42. The van der Waals surface area contributed by atoms with Gasteiger partial charge in [0.05, 0.1) is 5.75 Å². The first-order valence-electron chi connectivity index (χ1n) is 12.7. The number of nitrogens with zero attached hydrogens (tertiary/aromatic N) is 1. The molecule has 0 spiro atoms. The highest BCUT2D eigenvalue weighted by Gasteiger charge is 2.32. The van der Waals surface area contributed by atoms with Gasteiger partial charge in [-0.2, -0.15) is 0 Å². The fourth-order valence-electron chi connectivity index (χ4n) is 4.68. The Kier molecular flexibility index (Phi) is 10.0. The van der Waals surface area contributed by atoms with Crippen LogP contribution in [0.1, 0.15) is 42.4 Å². The van der Waals surface area contributed by atoms with E-state index < -0.39 is 6.04 Å². The van der Waals surface area contributed by atoms with Crippen LogP contribution in [0.25, 0.3) is 0 Å². The molecule has 1 saturated carbocycles. The molecule has 0 heterocycles. The van der Waals surface area contributed by atoms with Crippen LogP contribution in [-0.4, -0.2) is 34.6 Å². The lowest BCUT2D eigenvalue weighted by molar-refractivity contribution is -0.139. The van der Waals surface area contributed by atoms with Gasteiger partial charge in [-0.05, 0) is 41.7 Å². The summed E-state index contributed by atoms with van der Waals surface area (Å²) in [4.78, 5) is 29.0. The van der Waals surface area contributed by atoms with Gasteiger partial charge in [0.1, 0.15) is 11.9 Å². The van der Waals surface area contributed by atoms with Gasteiger partial charge in [-0.3, -0.25) is 9.59 Å². The maximum atomic E-state index is 14.1. The van der Waals surface area contributed by atoms with E-state index in [2.05, 4.69) is 5.32 Å². The fourth-order valence-corrected chi connectivity index (χ4v) is 5.77. The standard InChI is InChI=1S/C30H32ClFN2O2S/c31-26-16-8-4-12-23(26)19-34(29(35)21-37-20-24-13-5-9-17-27(24)32)28(18-22-10-2-1-3-11-22)30(36)33-25-14-6-7-15-25/h1-5,8-13,16-17,25,28H,6-7,14-15,18-21H2,(H,33,36). The fraction of sp³-hybridized carbons (Fsp3) is 0.333. The monoisotopic (exact) mass is 538 g/mol. The van der Waals surface area contributed by atoms with Gasteiger partial charge in [-0.15, -0.1) is 11.8 Å². The van der Waals surface area contributed by atoms with Crippen molar-refractivity contribution in [3.8, 4) is 0 Å². The molecule has 4 rings (SSSR count). The lowest BCUT2D eigenvalue weighted by atomic mass is 10.0. The molecule has 1 N–H and O–H groups in total. The first-order valence-corrected chi connectivity index (χ1v) is 14.2. The van der Waals surface area contributed by atoms with Crippen molar-refractivity contribution in [2.45, 2.75) is 56.5 Å². The topological polar surface area (TPSA) is 49.4 Å². The lowest BCUT2D eigenvalue weighted by Gasteiger charge is -2.32. The zero-order valence-electron chi connectivity index (χ0n) is 20.7. The highest BCUT2D eigenvalue weighted by Crippen LogP contribution is 2.24. The van der Waals surface area contributed by atoms with Crippen LogP contribution in [0.4, 0.5) is 4.39 Å². The second-order valence-electron chi connectivity index (χ2n) is 9.39. The second kappa shape index (κ2) is 13.6. The summed E-state index contributed by atoms with van der Waals surface area (Å²) in [6.45, 7) is 0.217. The minimum atomic E-state index is -0.694.